The minimum absolute atomic E-state index is 0.0221. The van der Waals surface area contributed by atoms with Crippen LogP contribution in [0.25, 0.3) is 0 Å². The van der Waals surface area contributed by atoms with E-state index in [1.54, 1.807) is 24.2 Å². The van der Waals surface area contributed by atoms with Gasteiger partial charge in [-0.05, 0) is 25.5 Å². The molecule has 2 atom stereocenters. The van der Waals surface area contributed by atoms with E-state index in [0.29, 0.717) is 5.25 Å². The molecule has 0 amide bonds. The Morgan fingerprint density at radius 3 is 2.67 bits per heavy atom. The highest BCUT2D eigenvalue weighted by Crippen LogP contribution is 2.27. The van der Waals surface area contributed by atoms with Crippen LogP contribution in [0, 0.1) is 0 Å². The van der Waals surface area contributed by atoms with E-state index in [1.165, 1.54) is 4.90 Å². The fraction of sp³-hybridized carbons (Fsp3) is 0.545. The molecule has 4 heteroatoms. The molecule has 0 aromatic carbocycles. The molecule has 0 aliphatic rings. The molecule has 84 valence electrons. The Morgan fingerprint density at radius 2 is 2.13 bits per heavy atom. The zero-order valence-corrected chi connectivity index (χ0v) is 10.00. The normalized spacial score (nSPS) is 17.1. The third-order valence-corrected chi connectivity index (χ3v) is 3.22. The van der Waals surface area contributed by atoms with Crippen molar-refractivity contribution < 1.29 is 5.11 Å². The number of hydrogen-bond acceptors (Lipinski definition) is 4. The quantitative estimate of drug-likeness (QED) is 0.750. The van der Waals surface area contributed by atoms with Gasteiger partial charge >= 0.3 is 0 Å². The van der Waals surface area contributed by atoms with Crippen molar-refractivity contribution in [3.05, 3.63) is 24.5 Å². The first-order valence-electron chi connectivity index (χ1n) is 5.00. The summed E-state index contributed by atoms with van der Waals surface area (Å²) < 4.78 is 0. The first-order chi connectivity index (χ1) is 7.03. The molecule has 1 aromatic rings. The smallest absolute Gasteiger partial charge is 0.0608 e. The van der Waals surface area contributed by atoms with Gasteiger partial charge in [0.2, 0.25) is 0 Å². The summed E-state index contributed by atoms with van der Waals surface area (Å²) in [6.07, 6.45) is 4.35. The molecule has 0 radical (unpaired) electrons. The second-order valence-electron chi connectivity index (χ2n) is 4.13. The maximum absolute atomic E-state index is 9.06. The van der Waals surface area contributed by atoms with Gasteiger partial charge in [0.25, 0.3) is 0 Å². The molecule has 0 bridgehead atoms. The Kier molecular flexibility index (Phi) is 4.57. The van der Waals surface area contributed by atoms with Crippen molar-refractivity contribution in [1.82, 2.24) is 4.98 Å². The van der Waals surface area contributed by atoms with Crippen molar-refractivity contribution in [3.8, 4) is 0 Å². The van der Waals surface area contributed by atoms with Gasteiger partial charge in [-0.2, -0.15) is 0 Å². The molecular formula is C11H18N2OS. The van der Waals surface area contributed by atoms with Crippen LogP contribution in [0.5, 0.6) is 0 Å². The molecular weight excluding hydrogens is 208 g/mol. The minimum Gasteiger partial charge on any atom is -0.394 e. The highest BCUT2D eigenvalue weighted by molar-refractivity contribution is 7.99. The summed E-state index contributed by atoms with van der Waals surface area (Å²) in [4.78, 5) is 5.15. The number of hydrogen-bond donors (Lipinski definition) is 2. The van der Waals surface area contributed by atoms with Crippen LogP contribution in [0.3, 0.4) is 0 Å². The van der Waals surface area contributed by atoms with E-state index in [0.717, 1.165) is 6.42 Å². The highest BCUT2D eigenvalue weighted by Gasteiger charge is 2.20. The van der Waals surface area contributed by atoms with Crippen LogP contribution in [-0.4, -0.2) is 27.5 Å². The maximum atomic E-state index is 9.06. The first kappa shape index (κ1) is 12.5. The van der Waals surface area contributed by atoms with Crippen LogP contribution < -0.4 is 5.73 Å². The molecule has 1 rings (SSSR count). The summed E-state index contributed by atoms with van der Waals surface area (Å²) in [5, 5.41) is 9.45. The predicted octanol–water partition coefficient (Wildman–Crippen LogP) is 1.66. The van der Waals surface area contributed by atoms with Gasteiger partial charge in [0.15, 0.2) is 0 Å². The molecule has 0 saturated carbocycles. The van der Waals surface area contributed by atoms with E-state index in [-0.39, 0.29) is 6.61 Å². The maximum Gasteiger partial charge on any atom is 0.0608 e. The van der Waals surface area contributed by atoms with E-state index < -0.39 is 5.54 Å². The molecule has 0 aliphatic heterocycles. The number of aromatic nitrogens is 1. The van der Waals surface area contributed by atoms with Gasteiger partial charge in [-0.25, -0.2) is 0 Å². The average Bonchev–Trinajstić information content (AvgIpc) is 2.18. The molecule has 3 nitrogen and oxygen atoms in total. The Balaban J connectivity index is 2.46. The average molecular weight is 226 g/mol. The Bertz CT molecular complexity index is 290. The summed E-state index contributed by atoms with van der Waals surface area (Å²) in [6, 6.07) is 3.96. The van der Waals surface area contributed by atoms with E-state index in [1.807, 2.05) is 19.1 Å². The van der Waals surface area contributed by atoms with Gasteiger partial charge in [-0.15, -0.1) is 11.8 Å². The van der Waals surface area contributed by atoms with Crippen LogP contribution in [0.15, 0.2) is 29.4 Å². The van der Waals surface area contributed by atoms with Crippen LogP contribution in [0.1, 0.15) is 20.3 Å². The third-order valence-electron chi connectivity index (χ3n) is 2.10. The Morgan fingerprint density at radius 1 is 1.53 bits per heavy atom. The van der Waals surface area contributed by atoms with Crippen molar-refractivity contribution in [3.63, 3.8) is 0 Å². The van der Waals surface area contributed by atoms with E-state index in [4.69, 9.17) is 10.8 Å². The largest absolute Gasteiger partial charge is 0.394 e. The lowest BCUT2D eigenvalue weighted by atomic mass is 9.99. The van der Waals surface area contributed by atoms with Gasteiger partial charge in [-0.3, -0.25) is 4.98 Å². The first-order valence-corrected chi connectivity index (χ1v) is 5.88. The molecule has 1 aromatic heterocycles. The number of aliphatic hydroxyl groups is 1. The fourth-order valence-corrected chi connectivity index (χ4v) is 2.62. The molecule has 0 fully saturated rings. The SMILES string of the molecule is CC(CC(C)(N)CO)Sc1ccncc1. The summed E-state index contributed by atoms with van der Waals surface area (Å²) >= 11 is 1.75. The lowest BCUT2D eigenvalue weighted by molar-refractivity contribution is 0.201. The van der Waals surface area contributed by atoms with Gasteiger partial charge in [-0.1, -0.05) is 6.92 Å². The number of nitrogens with zero attached hydrogens (tertiary/aromatic N) is 1. The van der Waals surface area contributed by atoms with E-state index in [2.05, 4.69) is 11.9 Å². The molecule has 0 spiro atoms. The number of thioether (sulfide) groups is 1. The van der Waals surface area contributed by atoms with Crippen molar-refractivity contribution in [2.75, 3.05) is 6.61 Å². The van der Waals surface area contributed by atoms with Crippen LogP contribution in [0.4, 0.5) is 0 Å². The van der Waals surface area contributed by atoms with Gasteiger partial charge in [0.05, 0.1) is 6.61 Å². The van der Waals surface area contributed by atoms with Crippen molar-refractivity contribution in [2.24, 2.45) is 5.73 Å². The molecule has 3 N–H and O–H groups in total. The van der Waals surface area contributed by atoms with Crippen LogP contribution in [-0.2, 0) is 0 Å². The highest BCUT2D eigenvalue weighted by atomic mass is 32.2. The molecule has 15 heavy (non-hydrogen) atoms. The monoisotopic (exact) mass is 226 g/mol. The number of pyridine rings is 1. The predicted molar refractivity (Wildman–Crippen MR) is 63.9 cm³/mol. The van der Waals surface area contributed by atoms with Crippen molar-refractivity contribution >= 4 is 11.8 Å². The summed E-state index contributed by atoms with van der Waals surface area (Å²) in [6.45, 7) is 4.01. The molecule has 0 aliphatic carbocycles. The van der Waals surface area contributed by atoms with Crippen LogP contribution in [0.2, 0.25) is 0 Å². The van der Waals surface area contributed by atoms with Crippen molar-refractivity contribution in [1.29, 1.82) is 0 Å². The van der Waals surface area contributed by atoms with Crippen molar-refractivity contribution in [2.45, 2.75) is 36.0 Å². The Labute approximate surface area is 95.1 Å². The molecule has 2 unspecified atom stereocenters. The lowest BCUT2D eigenvalue weighted by Crippen LogP contribution is -2.42. The minimum atomic E-state index is -0.487. The molecule has 1 heterocycles. The van der Waals surface area contributed by atoms with Gasteiger partial charge < -0.3 is 10.8 Å². The summed E-state index contributed by atoms with van der Waals surface area (Å²) in [5.41, 5.74) is 5.41. The fourth-order valence-electron chi connectivity index (χ4n) is 1.41. The lowest BCUT2D eigenvalue weighted by Gasteiger charge is -2.25. The summed E-state index contributed by atoms with van der Waals surface area (Å²) in [7, 11) is 0. The third kappa shape index (κ3) is 4.64. The number of rotatable bonds is 5. The number of aliphatic hydroxyl groups excluding tert-OH is 1. The van der Waals surface area contributed by atoms with E-state index >= 15 is 0 Å². The Hall–Kier alpha value is -0.580. The van der Waals surface area contributed by atoms with Gasteiger partial charge in [0, 0.05) is 28.1 Å². The van der Waals surface area contributed by atoms with E-state index in [9.17, 15) is 0 Å². The zero-order valence-electron chi connectivity index (χ0n) is 9.18. The standard InChI is InChI=1S/C11H18N2OS/c1-9(7-11(2,12)8-14)15-10-3-5-13-6-4-10/h3-6,9,14H,7-8,12H2,1-2H3. The molecule has 0 saturated heterocycles. The van der Waals surface area contributed by atoms with Gasteiger partial charge in [0.1, 0.15) is 0 Å². The topological polar surface area (TPSA) is 59.1 Å². The second kappa shape index (κ2) is 5.49. The second-order valence-corrected chi connectivity index (χ2v) is 5.64. The van der Waals surface area contributed by atoms with Crippen LogP contribution >= 0.6 is 11.8 Å². The number of nitrogens with two attached hydrogens (primary N) is 1. The summed E-state index contributed by atoms with van der Waals surface area (Å²) in [5.74, 6) is 0. The zero-order chi connectivity index (χ0) is 11.3.